The fourth-order valence-electron chi connectivity index (χ4n) is 4.16. The Hall–Kier alpha value is -4.02. The maximum atomic E-state index is 12.5. The second kappa shape index (κ2) is 10.5. The number of nitriles is 1. The summed E-state index contributed by atoms with van der Waals surface area (Å²) in [5, 5.41) is 9.84. The summed E-state index contributed by atoms with van der Waals surface area (Å²) in [6, 6.07) is 20.8. The number of carbonyl (C=O) groups excluding carboxylic acids is 1. The summed E-state index contributed by atoms with van der Waals surface area (Å²) in [6.07, 6.45) is 3.09. The molecule has 0 spiro atoms. The van der Waals surface area contributed by atoms with Crippen LogP contribution in [0.5, 0.6) is 17.2 Å². The van der Waals surface area contributed by atoms with E-state index in [0.717, 1.165) is 15.6 Å². The molecule has 0 aromatic heterocycles. The first-order valence-electron chi connectivity index (χ1n) is 11.7. The van der Waals surface area contributed by atoms with Gasteiger partial charge in [0.15, 0.2) is 0 Å². The predicted octanol–water partition coefficient (Wildman–Crippen LogP) is 6.59. The second-order valence-electron chi connectivity index (χ2n) is 9.64. The minimum Gasteiger partial charge on any atom is -0.496 e. The van der Waals surface area contributed by atoms with E-state index in [-0.39, 0.29) is 16.9 Å². The van der Waals surface area contributed by atoms with Crippen molar-refractivity contribution in [2.24, 2.45) is 5.73 Å². The number of rotatable bonds is 5. The van der Waals surface area contributed by atoms with Gasteiger partial charge in [-0.1, -0.05) is 67.0 Å². The topological polar surface area (TPSA) is 94.6 Å². The van der Waals surface area contributed by atoms with E-state index in [1.165, 1.54) is 11.6 Å². The molecule has 0 saturated carbocycles. The van der Waals surface area contributed by atoms with Crippen LogP contribution in [0.2, 0.25) is 0 Å². The van der Waals surface area contributed by atoms with E-state index in [4.69, 9.17) is 19.9 Å². The Balaban J connectivity index is 1.58. The number of hydrogen-bond acceptors (Lipinski definition) is 6. The molecule has 188 valence electrons. The molecule has 0 aliphatic carbocycles. The first-order chi connectivity index (χ1) is 17.6. The zero-order valence-corrected chi connectivity index (χ0v) is 22.6. The molecule has 37 heavy (non-hydrogen) atoms. The third-order valence-corrected chi connectivity index (χ3v) is 6.59. The maximum Gasteiger partial charge on any atom is 0.336 e. The van der Waals surface area contributed by atoms with Crippen LogP contribution in [0.3, 0.4) is 0 Å². The average molecular weight is 559 g/mol. The van der Waals surface area contributed by atoms with Crippen LogP contribution in [0.4, 0.5) is 0 Å². The average Bonchev–Trinajstić information content (AvgIpc) is 2.86. The number of methoxy groups -OCH3 is 1. The Kier molecular flexibility index (Phi) is 7.42. The molecule has 2 N–H and O–H groups in total. The molecule has 0 fully saturated rings. The summed E-state index contributed by atoms with van der Waals surface area (Å²) < 4.78 is 17.6. The molecule has 4 rings (SSSR count). The number of nitrogens with zero attached hydrogens (tertiary/aromatic N) is 1. The molecule has 1 aliphatic heterocycles. The highest BCUT2D eigenvalue weighted by Gasteiger charge is 2.33. The molecule has 1 atom stereocenters. The number of halogens is 1. The first kappa shape index (κ1) is 26.1. The van der Waals surface area contributed by atoms with E-state index in [9.17, 15) is 10.1 Å². The molecule has 6 nitrogen and oxygen atoms in total. The summed E-state index contributed by atoms with van der Waals surface area (Å²) in [5.74, 6) is 0.256. The monoisotopic (exact) mass is 558 g/mol. The van der Waals surface area contributed by atoms with Gasteiger partial charge in [0.05, 0.1) is 13.0 Å². The highest BCUT2D eigenvalue weighted by Crippen LogP contribution is 2.46. The van der Waals surface area contributed by atoms with E-state index in [2.05, 4.69) is 54.9 Å². The van der Waals surface area contributed by atoms with Crippen molar-refractivity contribution in [3.63, 3.8) is 0 Å². The molecule has 0 saturated heterocycles. The fourth-order valence-corrected chi connectivity index (χ4v) is 4.54. The van der Waals surface area contributed by atoms with Gasteiger partial charge in [-0.3, -0.25) is 0 Å². The molecular formula is C30H27BrN2O4. The number of esters is 1. The lowest BCUT2D eigenvalue weighted by Gasteiger charge is -2.27. The second-order valence-corrected chi connectivity index (χ2v) is 10.6. The molecule has 7 heteroatoms. The van der Waals surface area contributed by atoms with Crippen LogP contribution in [0.1, 0.15) is 48.9 Å². The third-order valence-electron chi connectivity index (χ3n) is 6.10. The molecule has 1 aliphatic rings. The van der Waals surface area contributed by atoms with Crippen LogP contribution in [0.15, 0.2) is 82.7 Å². The van der Waals surface area contributed by atoms with Crippen LogP contribution < -0.4 is 19.9 Å². The van der Waals surface area contributed by atoms with Crippen molar-refractivity contribution in [1.82, 2.24) is 0 Å². The Morgan fingerprint density at radius 2 is 1.81 bits per heavy atom. The summed E-state index contributed by atoms with van der Waals surface area (Å²) >= 11 is 3.49. The number of carbonyl (C=O) groups is 1. The standard InChI is InChI=1S/C30H27BrN2O4/c1-30(2,3)19-8-5-18(6-9-19)7-14-27(34)36-21-11-12-22-26(16-21)37-29(33)24(17-32)28(22)23-15-20(31)10-13-25(23)35-4/h5-16,28H,33H2,1-4H3/b14-7+. The van der Waals surface area contributed by atoms with Gasteiger partial charge in [-0.25, -0.2) is 4.79 Å². The third kappa shape index (κ3) is 5.71. The van der Waals surface area contributed by atoms with Crippen molar-refractivity contribution < 1.29 is 19.0 Å². The van der Waals surface area contributed by atoms with E-state index in [1.807, 2.05) is 30.3 Å². The first-order valence-corrected chi connectivity index (χ1v) is 12.5. The smallest absolute Gasteiger partial charge is 0.336 e. The van der Waals surface area contributed by atoms with Crippen molar-refractivity contribution in [3.05, 3.63) is 105 Å². The largest absolute Gasteiger partial charge is 0.496 e. The van der Waals surface area contributed by atoms with Crippen LogP contribution in [-0.4, -0.2) is 13.1 Å². The number of nitrogens with two attached hydrogens (primary N) is 1. The molecule has 0 amide bonds. The number of ether oxygens (including phenoxy) is 3. The van der Waals surface area contributed by atoms with Crippen molar-refractivity contribution >= 4 is 28.0 Å². The van der Waals surface area contributed by atoms with E-state index >= 15 is 0 Å². The number of allylic oxidation sites excluding steroid dienone is 1. The zero-order chi connectivity index (χ0) is 26.7. The minimum absolute atomic E-state index is 0.0101. The van der Waals surface area contributed by atoms with Crippen LogP contribution in [0, 0.1) is 11.3 Å². The lowest BCUT2D eigenvalue weighted by atomic mass is 9.83. The molecule has 0 radical (unpaired) electrons. The SMILES string of the molecule is COc1ccc(Br)cc1C1C(C#N)=C(N)Oc2cc(OC(=O)/C=C/c3ccc(C(C)(C)C)cc3)ccc21. The van der Waals surface area contributed by atoms with Gasteiger partial charge in [0.1, 0.15) is 28.9 Å². The van der Waals surface area contributed by atoms with Gasteiger partial charge in [-0.05, 0) is 46.9 Å². The van der Waals surface area contributed by atoms with Crippen LogP contribution in [0.25, 0.3) is 6.08 Å². The quantitative estimate of drug-likeness (QED) is 0.215. The highest BCUT2D eigenvalue weighted by atomic mass is 79.9. The predicted molar refractivity (Wildman–Crippen MR) is 146 cm³/mol. The Morgan fingerprint density at radius 1 is 1.08 bits per heavy atom. The Labute approximate surface area is 225 Å². The highest BCUT2D eigenvalue weighted by molar-refractivity contribution is 9.10. The Bertz CT molecular complexity index is 1440. The van der Waals surface area contributed by atoms with Crippen molar-refractivity contribution in [2.75, 3.05) is 7.11 Å². The van der Waals surface area contributed by atoms with Crippen molar-refractivity contribution in [3.8, 4) is 23.3 Å². The molecule has 0 bridgehead atoms. The van der Waals surface area contributed by atoms with Gasteiger partial charge >= 0.3 is 5.97 Å². The fraction of sp³-hybridized carbons (Fsp3) is 0.200. The minimum atomic E-state index is -0.526. The van der Waals surface area contributed by atoms with Gasteiger partial charge in [-0.15, -0.1) is 0 Å². The summed E-state index contributed by atoms with van der Waals surface area (Å²) in [4.78, 5) is 12.5. The number of benzene rings is 3. The van der Waals surface area contributed by atoms with Gasteiger partial charge in [0.25, 0.3) is 0 Å². The normalized spacial score (nSPS) is 15.1. The molecular weight excluding hydrogens is 532 g/mol. The van der Waals surface area contributed by atoms with Gasteiger partial charge in [-0.2, -0.15) is 5.26 Å². The summed E-state index contributed by atoms with van der Waals surface area (Å²) in [5.41, 5.74) is 10.0. The zero-order valence-electron chi connectivity index (χ0n) is 21.0. The summed E-state index contributed by atoms with van der Waals surface area (Å²) in [6.45, 7) is 6.46. The van der Waals surface area contributed by atoms with Gasteiger partial charge < -0.3 is 19.9 Å². The lowest BCUT2D eigenvalue weighted by Crippen LogP contribution is -2.21. The van der Waals surface area contributed by atoms with Gasteiger partial charge in [0, 0.05) is 27.7 Å². The number of fused-ring (bicyclic) bond motifs is 1. The summed E-state index contributed by atoms with van der Waals surface area (Å²) in [7, 11) is 1.57. The van der Waals surface area contributed by atoms with Crippen LogP contribution in [-0.2, 0) is 10.2 Å². The van der Waals surface area contributed by atoms with Gasteiger partial charge in [0.2, 0.25) is 5.88 Å². The van der Waals surface area contributed by atoms with E-state index in [0.29, 0.717) is 22.8 Å². The van der Waals surface area contributed by atoms with Crippen molar-refractivity contribution in [1.29, 1.82) is 5.26 Å². The number of hydrogen-bond donors (Lipinski definition) is 1. The van der Waals surface area contributed by atoms with Crippen LogP contribution >= 0.6 is 15.9 Å². The molecule has 1 heterocycles. The molecule has 1 unspecified atom stereocenters. The lowest BCUT2D eigenvalue weighted by molar-refractivity contribution is -0.128. The maximum absolute atomic E-state index is 12.5. The molecule has 3 aromatic rings. The van der Waals surface area contributed by atoms with E-state index < -0.39 is 11.9 Å². The Morgan fingerprint density at radius 3 is 2.46 bits per heavy atom. The van der Waals surface area contributed by atoms with Crippen molar-refractivity contribution in [2.45, 2.75) is 32.1 Å². The van der Waals surface area contributed by atoms with E-state index in [1.54, 1.807) is 31.4 Å². The molecule has 3 aromatic carbocycles.